The van der Waals surface area contributed by atoms with Gasteiger partial charge in [-0.15, -0.1) is 0 Å². The van der Waals surface area contributed by atoms with E-state index < -0.39 is 0 Å². The molecule has 0 bridgehead atoms. The van der Waals surface area contributed by atoms with Crippen LogP contribution in [0.15, 0.2) is 58.1 Å². The lowest BCUT2D eigenvalue weighted by atomic mass is 10.2. The summed E-state index contributed by atoms with van der Waals surface area (Å²) in [5.41, 5.74) is 7.61. The van der Waals surface area contributed by atoms with Crippen molar-refractivity contribution < 1.29 is 0 Å². The summed E-state index contributed by atoms with van der Waals surface area (Å²) in [6.07, 6.45) is 1.69. The number of aryl methyl sites for hydroxylation is 2. The maximum atomic E-state index is 6.48. The standard InChI is InChI=1S/C18H16BrClN4/c1-12-6-8-16(9-7-12)24-18(20)17(13(2)23-24)11-21-22-15-5-3-4-14(19)10-15/h3-11,22H,1-2H3/b21-11+. The van der Waals surface area contributed by atoms with E-state index in [1.165, 1.54) is 5.56 Å². The van der Waals surface area contributed by atoms with Crippen LogP contribution in [0.25, 0.3) is 5.69 Å². The Labute approximate surface area is 154 Å². The second-order valence-corrected chi connectivity index (χ2v) is 6.69. The first kappa shape index (κ1) is 16.7. The lowest BCUT2D eigenvalue weighted by Crippen LogP contribution is -1.96. The van der Waals surface area contributed by atoms with Gasteiger partial charge < -0.3 is 0 Å². The molecule has 0 saturated heterocycles. The van der Waals surface area contributed by atoms with Crippen molar-refractivity contribution in [2.24, 2.45) is 5.10 Å². The fourth-order valence-electron chi connectivity index (χ4n) is 2.24. The summed E-state index contributed by atoms with van der Waals surface area (Å²) in [6, 6.07) is 15.8. The second-order valence-electron chi connectivity index (χ2n) is 5.42. The first-order valence-electron chi connectivity index (χ1n) is 7.41. The van der Waals surface area contributed by atoms with Gasteiger partial charge in [-0.2, -0.15) is 10.2 Å². The Morgan fingerprint density at radius 2 is 1.92 bits per heavy atom. The van der Waals surface area contributed by atoms with Crippen molar-refractivity contribution in [3.8, 4) is 5.69 Å². The molecule has 0 aliphatic rings. The van der Waals surface area contributed by atoms with Gasteiger partial charge in [-0.25, -0.2) is 4.68 Å². The topological polar surface area (TPSA) is 42.2 Å². The van der Waals surface area contributed by atoms with E-state index in [0.717, 1.165) is 27.1 Å². The highest BCUT2D eigenvalue weighted by atomic mass is 79.9. The van der Waals surface area contributed by atoms with Gasteiger partial charge in [0.2, 0.25) is 0 Å². The van der Waals surface area contributed by atoms with Gasteiger partial charge in [0.05, 0.1) is 28.8 Å². The van der Waals surface area contributed by atoms with E-state index in [0.29, 0.717) is 5.15 Å². The first-order valence-corrected chi connectivity index (χ1v) is 8.58. The van der Waals surface area contributed by atoms with Crippen LogP contribution in [0, 0.1) is 13.8 Å². The van der Waals surface area contributed by atoms with Crippen LogP contribution in [0.3, 0.4) is 0 Å². The smallest absolute Gasteiger partial charge is 0.142 e. The van der Waals surface area contributed by atoms with Crippen molar-refractivity contribution >= 4 is 39.4 Å². The summed E-state index contributed by atoms with van der Waals surface area (Å²) in [5, 5.41) is 9.31. The van der Waals surface area contributed by atoms with Gasteiger partial charge in [0.15, 0.2) is 0 Å². The predicted molar refractivity (Wildman–Crippen MR) is 103 cm³/mol. The van der Waals surface area contributed by atoms with Crippen LogP contribution < -0.4 is 5.43 Å². The lowest BCUT2D eigenvalue weighted by Gasteiger charge is -2.03. The molecule has 0 fully saturated rings. The molecule has 3 rings (SSSR count). The predicted octanol–water partition coefficient (Wildman–Crippen LogP) is 5.35. The Bertz CT molecular complexity index is 885. The SMILES string of the molecule is Cc1ccc(-n2nc(C)c(/C=N/Nc3cccc(Br)c3)c2Cl)cc1. The molecule has 4 nitrogen and oxygen atoms in total. The Morgan fingerprint density at radius 1 is 1.17 bits per heavy atom. The molecule has 0 unspecified atom stereocenters. The number of hydrazone groups is 1. The summed E-state index contributed by atoms with van der Waals surface area (Å²) >= 11 is 9.91. The van der Waals surface area contributed by atoms with Crippen molar-refractivity contribution in [1.82, 2.24) is 9.78 Å². The number of anilines is 1. The average molecular weight is 404 g/mol. The number of nitrogens with one attached hydrogen (secondary N) is 1. The van der Waals surface area contributed by atoms with Gasteiger partial charge in [-0.3, -0.25) is 5.43 Å². The molecule has 0 atom stereocenters. The molecule has 3 aromatic rings. The average Bonchev–Trinajstić information content (AvgIpc) is 2.84. The van der Waals surface area contributed by atoms with E-state index >= 15 is 0 Å². The zero-order valence-electron chi connectivity index (χ0n) is 13.3. The van der Waals surface area contributed by atoms with Gasteiger partial charge in [-0.1, -0.05) is 51.3 Å². The van der Waals surface area contributed by atoms with E-state index in [1.54, 1.807) is 10.9 Å². The minimum absolute atomic E-state index is 0.538. The molecule has 0 amide bonds. The third-order valence-electron chi connectivity index (χ3n) is 3.54. The number of aromatic nitrogens is 2. The molecule has 0 aliphatic heterocycles. The van der Waals surface area contributed by atoms with Crippen LogP contribution in [0.4, 0.5) is 5.69 Å². The van der Waals surface area contributed by atoms with Crippen molar-refractivity contribution in [2.45, 2.75) is 13.8 Å². The van der Waals surface area contributed by atoms with Crippen molar-refractivity contribution in [2.75, 3.05) is 5.43 Å². The second kappa shape index (κ2) is 7.20. The molecule has 2 aromatic carbocycles. The van der Waals surface area contributed by atoms with E-state index in [1.807, 2.05) is 62.4 Å². The highest BCUT2D eigenvalue weighted by molar-refractivity contribution is 9.10. The minimum atomic E-state index is 0.538. The molecule has 122 valence electrons. The Hall–Kier alpha value is -2.11. The molecule has 0 radical (unpaired) electrons. The fourth-order valence-corrected chi connectivity index (χ4v) is 2.96. The van der Waals surface area contributed by atoms with E-state index in [4.69, 9.17) is 11.6 Å². The zero-order valence-corrected chi connectivity index (χ0v) is 15.6. The van der Waals surface area contributed by atoms with Gasteiger partial charge in [0.25, 0.3) is 0 Å². The highest BCUT2D eigenvalue weighted by Crippen LogP contribution is 2.22. The number of benzene rings is 2. The third-order valence-corrected chi connectivity index (χ3v) is 4.40. The maximum Gasteiger partial charge on any atom is 0.142 e. The van der Waals surface area contributed by atoms with Crippen LogP contribution in [-0.4, -0.2) is 16.0 Å². The van der Waals surface area contributed by atoms with E-state index in [2.05, 4.69) is 31.6 Å². The summed E-state index contributed by atoms with van der Waals surface area (Å²) in [7, 11) is 0. The summed E-state index contributed by atoms with van der Waals surface area (Å²) in [5.74, 6) is 0. The van der Waals surface area contributed by atoms with Gasteiger partial charge >= 0.3 is 0 Å². The number of rotatable bonds is 4. The Balaban J connectivity index is 1.84. The summed E-state index contributed by atoms with van der Waals surface area (Å²) < 4.78 is 2.71. The third kappa shape index (κ3) is 3.68. The van der Waals surface area contributed by atoms with Crippen LogP contribution >= 0.6 is 27.5 Å². The quantitative estimate of drug-likeness (QED) is 0.471. The number of nitrogens with zero attached hydrogens (tertiary/aromatic N) is 3. The molecule has 0 aliphatic carbocycles. The summed E-state index contributed by atoms with van der Waals surface area (Å²) in [6.45, 7) is 3.96. The first-order chi connectivity index (χ1) is 11.5. The Morgan fingerprint density at radius 3 is 2.62 bits per heavy atom. The van der Waals surface area contributed by atoms with Crippen LogP contribution in [0.5, 0.6) is 0 Å². The van der Waals surface area contributed by atoms with Crippen molar-refractivity contribution in [3.63, 3.8) is 0 Å². The van der Waals surface area contributed by atoms with Crippen LogP contribution in [0.1, 0.15) is 16.8 Å². The molecule has 6 heteroatoms. The van der Waals surface area contributed by atoms with Crippen molar-refractivity contribution in [3.05, 3.63) is 75.0 Å². The molecule has 1 N–H and O–H groups in total. The largest absolute Gasteiger partial charge is 0.278 e. The fraction of sp³-hybridized carbons (Fsp3) is 0.111. The molecule has 0 spiro atoms. The van der Waals surface area contributed by atoms with Crippen LogP contribution in [0.2, 0.25) is 5.15 Å². The number of hydrogen-bond acceptors (Lipinski definition) is 3. The maximum absolute atomic E-state index is 6.48. The molecule has 0 saturated carbocycles. The minimum Gasteiger partial charge on any atom is -0.278 e. The number of halogens is 2. The molecular formula is C18H16BrClN4. The molecule has 1 heterocycles. The van der Waals surface area contributed by atoms with Crippen molar-refractivity contribution in [1.29, 1.82) is 0 Å². The van der Waals surface area contributed by atoms with Gasteiger partial charge in [0, 0.05) is 4.47 Å². The monoisotopic (exact) mass is 402 g/mol. The van der Waals surface area contributed by atoms with E-state index in [9.17, 15) is 0 Å². The molecular weight excluding hydrogens is 388 g/mol. The lowest BCUT2D eigenvalue weighted by molar-refractivity contribution is 0.863. The number of hydrogen-bond donors (Lipinski definition) is 1. The Kier molecular flexibility index (Phi) is 5.02. The highest BCUT2D eigenvalue weighted by Gasteiger charge is 2.13. The molecule has 24 heavy (non-hydrogen) atoms. The van der Waals surface area contributed by atoms with Gasteiger partial charge in [0.1, 0.15) is 5.15 Å². The summed E-state index contributed by atoms with van der Waals surface area (Å²) in [4.78, 5) is 0. The van der Waals surface area contributed by atoms with Crippen LogP contribution in [-0.2, 0) is 0 Å². The van der Waals surface area contributed by atoms with E-state index in [-0.39, 0.29) is 0 Å². The molecule has 1 aromatic heterocycles. The zero-order chi connectivity index (χ0) is 17.1. The normalized spacial score (nSPS) is 11.2. The van der Waals surface area contributed by atoms with Gasteiger partial charge in [-0.05, 0) is 44.2 Å².